The zero-order valence-corrected chi connectivity index (χ0v) is 15.6. The minimum atomic E-state index is 0.842. The van der Waals surface area contributed by atoms with Crippen LogP contribution in [0.2, 0.25) is 0 Å². The molecule has 0 fully saturated rings. The summed E-state index contributed by atoms with van der Waals surface area (Å²) in [5, 5.41) is 0. The minimum Gasteiger partial charge on any atom is -0.306 e. The Labute approximate surface area is 135 Å². The van der Waals surface area contributed by atoms with Crippen molar-refractivity contribution in [2.45, 2.75) is 104 Å². The van der Waals surface area contributed by atoms with Crippen LogP contribution in [0, 0.1) is 5.92 Å². The average molecular weight is 298 g/mol. The summed E-state index contributed by atoms with van der Waals surface area (Å²) in [6.07, 6.45) is 18.7. The molecule has 0 saturated heterocycles. The number of hydrogen-bond donors (Lipinski definition) is 0. The van der Waals surface area contributed by atoms with Crippen LogP contribution in [0.15, 0.2) is 0 Å². The Balaban J connectivity index is 3.08. The predicted molar refractivity (Wildman–Crippen MR) is 98.0 cm³/mol. The van der Waals surface area contributed by atoms with Crippen LogP contribution < -0.4 is 0 Å². The summed E-state index contributed by atoms with van der Waals surface area (Å²) >= 11 is 0. The Morgan fingerprint density at radius 3 is 1.48 bits per heavy atom. The SMILES string of the molecule is CCCCCCCCCCCCCCN(C)CCC(C)C. The van der Waals surface area contributed by atoms with Crippen LogP contribution in [0.4, 0.5) is 0 Å². The van der Waals surface area contributed by atoms with Gasteiger partial charge in [0.05, 0.1) is 0 Å². The molecule has 0 atom stereocenters. The first-order valence-corrected chi connectivity index (χ1v) is 9.85. The normalized spacial score (nSPS) is 11.7. The lowest BCUT2D eigenvalue weighted by molar-refractivity contribution is 0.302. The van der Waals surface area contributed by atoms with Gasteiger partial charge in [0, 0.05) is 0 Å². The maximum Gasteiger partial charge on any atom is -0.00194 e. The van der Waals surface area contributed by atoms with Gasteiger partial charge in [0.2, 0.25) is 0 Å². The first-order valence-electron chi connectivity index (χ1n) is 9.85. The first kappa shape index (κ1) is 21.0. The summed E-state index contributed by atoms with van der Waals surface area (Å²) in [4.78, 5) is 2.51. The fourth-order valence-corrected chi connectivity index (χ4v) is 2.81. The van der Waals surface area contributed by atoms with Crippen molar-refractivity contribution in [3.05, 3.63) is 0 Å². The molecule has 1 heteroatoms. The molecule has 0 saturated carbocycles. The summed E-state index contributed by atoms with van der Waals surface area (Å²) in [5.41, 5.74) is 0. The number of unbranched alkanes of at least 4 members (excludes halogenated alkanes) is 11. The summed E-state index contributed by atoms with van der Waals surface area (Å²) in [6, 6.07) is 0. The quantitative estimate of drug-likeness (QED) is 0.288. The zero-order valence-electron chi connectivity index (χ0n) is 15.6. The molecule has 1 nitrogen and oxygen atoms in total. The van der Waals surface area contributed by atoms with E-state index in [1.54, 1.807) is 0 Å². The standard InChI is InChI=1S/C20H43N/c1-5-6-7-8-9-10-11-12-13-14-15-16-18-21(4)19-17-20(2)3/h20H,5-19H2,1-4H3. The lowest BCUT2D eigenvalue weighted by atomic mass is 10.1. The smallest absolute Gasteiger partial charge is 0.00194 e. The fourth-order valence-electron chi connectivity index (χ4n) is 2.81. The molecule has 0 aliphatic carbocycles. The van der Waals surface area contributed by atoms with Crippen LogP contribution in [0.3, 0.4) is 0 Å². The van der Waals surface area contributed by atoms with Crippen LogP contribution in [0.1, 0.15) is 104 Å². The highest BCUT2D eigenvalue weighted by Gasteiger charge is 2.00. The topological polar surface area (TPSA) is 3.24 Å². The molecule has 0 aromatic heterocycles. The highest BCUT2D eigenvalue weighted by atomic mass is 15.1. The van der Waals surface area contributed by atoms with Crippen LogP contribution in [-0.4, -0.2) is 25.0 Å². The van der Waals surface area contributed by atoms with Gasteiger partial charge in [-0.3, -0.25) is 0 Å². The highest BCUT2D eigenvalue weighted by molar-refractivity contribution is 4.55. The average Bonchev–Trinajstić information content (AvgIpc) is 2.46. The van der Waals surface area contributed by atoms with Crippen molar-refractivity contribution >= 4 is 0 Å². The Morgan fingerprint density at radius 1 is 0.619 bits per heavy atom. The van der Waals surface area contributed by atoms with Crippen molar-refractivity contribution in [1.82, 2.24) is 4.90 Å². The van der Waals surface area contributed by atoms with Gasteiger partial charge in [-0.05, 0) is 38.9 Å². The number of hydrogen-bond acceptors (Lipinski definition) is 1. The van der Waals surface area contributed by atoms with E-state index in [-0.39, 0.29) is 0 Å². The lowest BCUT2D eigenvalue weighted by Crippen LogP contribution is -2.21. The van der Waals surface area contributed by atoms with Gasteiger partial charge in [-0.25, -0.2) is 0 Å². The minimum absolute atomic E-state index is 0.842. The maximum absolute atomic E-state index is 2.51. The molecule has 0 spiro atoms. The molecule has 0 aliphatic heterocycles. The molecular weight excluding hydrogens is 254 g/mol. The second-order valence-electron chi connectivity index (χ2n) is 7.37. The van der Waals surface area contributed by atoms with E-state index in [1.165, 1.54) is 96.6 Å². The lowest BCUT2D eigenvalue weighted by Gasteiger charge is -2.17. The predicted octanol–water partition coefficient (Wildman–Crippen LogP) is 6.67. The van der Waals surface area contributed by atoms with E-state index in [9.17, 15) is 0 Å². The molecule has 0 heterocycles. The number of rotatable bonds is 16. The third-order valence-electron chi connectivity index (χ3n) is 4.48. The Morgan fingerprint density at radius 2 is 1.05 bits per heavy atom. The van der Waals surface area contributed by atoms with Crippen molar-refractivity contribution in [3.8, 4) is 0 Å². The molecule has 0 amide bonds. The molecule has 0 aromatic carbocycles. The fraction of sp³-hybridized carbons (Fsp3) is 1.00. The molecule has 0 aromatic rings. The molecular formula is C20H43N. The Hall–Kier alpha value is -0.0400. The van der Waals surface area contributed by atoms with E-state index in [0.717, 1.165) is 5.92 Å². The molecule has 0 unspecified atom stereocenters. The molecule has 0 radical (unpaired) electrons. The summed E-state index contributed by atoms with van der Waals surface area (Å²) < 4.78 is 0. The van der Waals surface area contributed by atoms with Crippen LogP contribution in [-0.2, 0) is 0 Å². The maximum atomic E-state index is 2.51. The van der Waals surface area contributed by atoms with Gasteiger partial charge in [-0.2, -0.15) is 0 Å². The molecule has 0 rings (SSSR count). The summed E-state index contributed by atoms with van der Waals surface area (Å²) in [5.74, 6) is 0.842. The monoisotopic (exact) mass is 297 g/mol. The largest absolute Gasteiger partial charge is 0.306 e. The molecule has 128 valence electrons. The van der Waals surface area contributed by atoms with E-state index in [4.69, 9.17) is 0 Å². The van der Waals surface area contributed by atoms with E-state index in [2.05, 4.69) is 32.7 Å². The van der Waals surface area contributed by atoms with Gasteiger partial charge in [0.1, 0.15) is 0 Å². The number of nitrogens with zero attached hydrogens (tertiary/aromatic N) is 1. The summed E-state index contributed by atoms with van der Waals surface area (Å²) in [6.45, 7) is 9.50. The van der Waals surface area contributed by atoms with E-state index in [0.29, 0.717) is 0 Å². The van der Waals surface area contributed by atoms with E-state index < -0.39 is 0 Å². The highest BCUT2D eigenvalue weighted by Crippen LogP contribution is 2.12. The van der Waals surface area contributed by atoms with Gasteiger partial charge in [0.25, 0.3) is 0 Å². The van der Waals surface area contributed by atoms with Crippen LogP contribution in [0.5, 0.6) is 0 Å². The van der Waals surface area contributed by atoms with Crippen molar-refractivity contribution in [3.63, 3.8) is 0 Å². The van der Waals surface area contributed by atoms with Gasteiger partial charge >= 0.3 is 0 Å². The van der Waals surface area contributed by atoms with Crippen molar-refractivity contribution in [2.75, 3.05) is 20.1 Å². The van der Waals surface area contributed by atoms with Gasteiger partial charge in [-0.1, -0.05) is 91.4 Å². The Bertz CT molecular complexity index is 188. The first-order chi connectivity index (χ1) is 10.2. The van der Waals surface area contributed by atoms with Crippen molar-refractivity contribution < 1.29 is 0 Å². The van der Waals surface area contributed by atoms with E-state index in [1.807, 2.05) is 0 Å². The third kappa shape index (κ3) is 17.9. The van der Waals surface area contributed by atoms with Crippen molar-refractivity contribution in [2.24, 2.45) is 5.92 Å². The molecule has 0 N–H and O–H groups in total. The summed E-state index contributed by atoms with van der Waals surface area (Å²) in [7, 11) is 2.28. The van der Waals surface area contributed by atoms with Gasteiger partial charge in [-0.15, -0.1) is 0 Å². The molecule has 0 bridgehead atoms. The molecule has 21 heavy (non-hydrogen) atoms. The van der Waals surface area contributed by atoms with Gasteiger partial charge in [0.15, 0.2) is 0 Å². The van der Waals surface area contributed by atoms with Crippen LogP contribution in [0.25, 0.3) is 0 Å². The van der Waals surface area contributed by atoms with Gasteiger partial charge < -0.3 is 4.90 Å². The second-order valence-corrected chi connectivity index (χ2v) is 7.37. The zero-order chi connectivity index (χ0) is 15.8. The van der Waals surface area contributed by atoms with Crippen molar-refractivity contribution in [1.29, 1.82) is 0 Å². The second kappa shape index (κ2) is 16.3. The van der Waals surface area contributed by atoms with E-state index >= 15 is 0 Å². The van der Waals surface area contributed by atoms with Crippen LogP contribution >= 0.6 is 0 Å². The third-order valence-corrected chi connectivity index (χ3v) is 4.48. The molecule has 0 aliphatic rings. The Kier molecular flexibility index (Phi) is 16.3.